The van der Waals surface area contributed by atoms with Gasteiger partial charge < -0.3 is 5.32 Å². The Morgan fingerprint density at radius 3 is 2.53 bits per heavy atom. The smallest absolute Gasteiger partial charge is 0.151 e. The van der Waals surface area contributed by atoms with Crippen molar-refractivity contribution in [3.8, 4) is 0 Å². The molecule has 3 nitrogen and oxygen atoms in total. The molecule has 0 aliphatic heterocycles. The molecule has 0 aliphatic carbocycles. The number of benzene rings is 1. The van der Waals surface area contributed by atoms with Crippen LogP contribution in [-0.4, -0.2) is 26.5 Å². The normalized spacial score (nSPS) is 13.5. The standard InChI is InChI=1S/C12H16Cl2FNO2S/c1-3-19(17,18)5-4-16-8(2)9-6-12(15)11(14)7-10(9)13/h6-8,16H,3-5H2,1-2H3. The number of rotatable bonds is 6. The van der Waals surface area contributed by atoms with Gasteiger partial charge in [0.05, 0.1) is 10.8 Å². The van der Waals surface area contributed by atoms with Crippen LogP contribution in [0.2, 0.25) is 10.0 Å². The first kappa shape index (κ1) is 16.7. The van der Waals surface area contributed by atoms with E-state index in [1.165, 1.54) is 12.1 Å². The Labute approximate surface area is 123 Å². The Hall–Kier alpha value is -0.360. The lowest BCUT2D eigenvalue weighted by atomic mass is 10.1. The largest absolute Gasteiger partial charge is 0.309 e. The quantitative estimate of drug-likeness (QED) is 0.816. The fourth-order valence-electron chi connectivity index (χ4n) is 1.56. The summed E-state index contributed by atoms with van der Waals surface area (Å²) in [5.41, 5.74) is 0.553. The molecule has 0 amide bonds. The van der Waals surface area contributed by atoms with Gasteiger partial charge in [0.25, 0.3) is 0 Å². The van der Waals surface area contributed by atoms with Crippen molar-refractivity contribution < 1.29 is 12.8 Å². The predicted octanol–water partition coefficient (Wildman–Crippen LogP) is 3.22. The Morgan fingerprint density at radius 1 is 1.32 bits per heavy atom. The van der Waals surface area contributed by atoms with Crippen LogP contribution in [0.25, 0.3) is 0 Å². The minimum Gasteiger partial charge on any atom is -0.309 e. The maximum atomic E-state index is 13.4. The average molecular weight is 328 g/mol. The summed E-state index contributed by atoms with van der Waals surface area (Å²) in [5, 5.41) is 3.32. The average Bonchev–Trinajstić information content (AvgIpc) is 2.33. The molecule has 0 bridgehead atoms. The third kappa shape index (κ3) is 4.91. The predicted molar refractivity (Wildman–Crippen MR) is 77.2 cm³/mol. The molecular weight excluding hydrogens is 312 g/mol. The molecule has 0 fully saturated rings. The number of hydrogen-bond donors (Lipinski definition) is 1. The summed E-state index contributed by atoms with van der Waals surface area (Å²) in [4.78, 5) is 0. The lowest BCUT2D eigenvalue weighted by Gasteiger charge is -2.16. The molecule has 1 aromatic rings. The zero-order valence-corrected chi connectivity index (χ0v) is 13.0. The van der Waals surface area contributed by atoms with Crippen LogP contribution in [0.5, 0.6) is 0 Å². The summed E-state index contributed by atoms with van der Waals surface area (Å²) in [5.74, 6) is -0.392. The van der Waals surface area contributed by atoms with Crippen molar-refractivity contribution in [2.24, 2.45) is 0 Å². The van der Waals surface area contributed by atoms with Gasteiger partial charge in [0.1, 0.15) is 5.82 Å². The second-order valence-electron chi connectivity index (χ2n) is 4.20. The molecular formula is C12H16Cl2FNO2S. The second kappa shape index (κ2) is 6.88. The van der Waals surface area contributed by atoms with Crippen LogP contribution < -0.4 is 5.32 Å². The van der Waals surface area contributed by atoms with E-state index in [1.807, 2.05) is 0 Å². The second-order valence-corrected chi connectivity index (χ2v) is 7.49. The topological polar surface area (TPSA) is 46.2 Å². The highest BCUT2D eigenvalue weighted by molar-refractivity contribution is 7.91. The van der Waals surface area contributed by atoms with Crippen LogP contribution in [0, 0.1) is 5.82 Å². The highest BCUT2D eigenvalue weighted by atomic mass is 35.5. The Morgan fingerprint density at radius 2 is 1.95 bits per heavy atom. The third-order valence-corrected chi connectivity index (χ3v) is 5.13. The van der Waals surface area contributed by atoms with Crippen LogP contribution in [-0.2, 0) is 9.84 Å². The Bertz CT molecular complexity index is 549. The molecule has 19 heavy (non-hydrogen) atoms. The van der Waals surface area contributed by atoms with Crippen molar-refractivity contribution in [2.75, 3.05) is 18.1 Å². The molecule has 0 aromatic heterocycles. The molecule has 108 valence electrons. The van der Waals surface area contributed by atoms with Gasteiger partial charge in [0.15, 0.2) is 9.84 Å². The molecule has 0 aliphatic rings. The van der Waals surface area contributed by atoms with Crippen LogP contribution in [0.15, 0.2) is 12.1 Å². The van der Waals surface area contributed by atoms with Crippen molar-refractivity contribution >= 4 is 33.0 Å². The van der Waals surface area contributed by atoms with E-state index >= 15 is 0 Å². The zero-order valence-electron chi connectivity index (χ0n) is 10.7. The minimum absolute atomic E-state index is 0.0329. The lowest BCUT2D eigenvalue weighted by molar-refractivity contribution is 0.567. The van der Waals surface area contributed by atoms with E-state index in [1.54, 1.807) is 13.8 Å². The van der Waals surface area contributed by atoms with Gasteiger partial charge in [-0.25, -0.2) is 12.8 Å². The van der Waals surface area contributed by atoms with Crippen molar-refractivity contribution in [3.63, 3.8) is 0 Å². The van der Waals surface area contributed by atoms with Crippen LogP contribution >= 0.6 is 23.2 Å². The molecule has 1 N–H and O–H groups in total. The van der Waals surface area contributed by atoms with Gasteiger partial charge in [0, 0.05) is 23.4 Å². The van der Waals surface area contributed by atoms with Crippen molar-refractivity contribution in [2.45, 2.75) is 19.9 Å². The molecule has 7 heteroatoms. The minimum atomic E-state index is -3.01. The fourth-order valence-corrected chi connectivity index (χ4v) is 2.82. The number of halogens is 3. The maximum Gasteiger partial charge on any atom is 0.151 e. The molecule has 1 unspecified atom stereocenters. The summed E-state index contributed by atoms with van der Waals surface area (Å²) in [6, 6.07) is 2.34. The summed E-state index contributed by atoms with van der Waals surface area (Å²) in [7, 11) is -3.01. The monoisotopic (exact) mass is 327 g/mol. The Balaban J connectivity index is 2.69. The molecule has 0 spiro atoms. The van der Waals surface area contributed by atoms with E-state index in [0.717, 1.165) is 0 Å². The lowest BCUT2D eigenvalue weighted by Crippen LogP contribution is -2.26. The first-order chi connectivity index (χ1) is 8.76. The molecule has 0 saturated heterocycles. The van der Waals surface area contributed by atoms with Gasteiger partial charge in [-0.3, -0.25) is 0 Å². The van der Waals surface area contributed by atoms with Gasteiger partial charge in [-0.1, -0.05) is 30.1 Å². The van der Waals surface area contributed by atoms with E-state index in [2.05, 4.69) is 5.32 Å². The maximum absolute atomic E-state index is 13.4. The highest BCUT2D eigenvalue weighted by Crippen LogP contribution is 2.28. The van der Waals surface area contributed by atoms with Gasteiger partial charge in [-0.2, -0.15) is 0 Å². The SMILES string of the molecule is CCS(=O)(=O)CCNC(C)c1cc(F)c(Cl)cc1Cl. The number of sulfone groups is 1. The third-order valence-electron chi connectivity index (χ3n) is 2.81. The first-order valence-corrected chi connectivity index (χ1v) is 8.42. The fraction of sp³-hybridized carbons (Fsp3) is 0.500. The van der Waals surface area contributed by atoms with E-state index in [0.29, 0.717) is 10.6 Å². The molecule has 0 heterocycles. The molecule has 0 saturated carbocycles. The zero-order chi connectivity index (χ0) is 14.6. The van der Waals surface area contributed by atoms with Gasteiger partial charge in [-0.05, 0) is 24.6 Å². The summed E-state index contributed by atoms with van der Waals surface area (Å²) < 4.78 is 36.1. The number of nitrogens with one attached hydrogen (secondary N) is 1. The summed E-state index contributed by atoms with van der Waals surface area (Å²) in [6.07, 6.45) is 0. The van der Waals surface area contributed by atoms with E-state index in [9.17, 15) is 12.8 Å². The molecule has 1 rings (SSSR count). The number of hydrogen-bond acceptors (Lipinski definition) is 3. The van der Waals surface area contributed by atoms with Gasteiger partial charge >= 0.3 is 0 Å². The van der Waals surface area contributed by atoms with E-state index < -0.39 is 15.7 Å². The summed E-state index contributed by atoms with van der Waals surface area (Å²) in [6.45, 7) is 3.68. The van der Waals surface area contributed by atoms with Crippen molar-refractivity contribution in [1.29, 1.82) is 0 Å². The van der Waals surface area contributed by atoms with Crippen LogP contribution in [0.1, 0.15) is 25.5 Å². The van der Waals surface area contributed by atoms with Crippen LogP contribution in [0.4, 0.5) is 4.39 Å². The van der Waals surface area contributed by atoms with Crippen LogP contribution in [0.3, 0.4) is 0 Å². The van der Waals surface area contributed by atoms with Gasteiger partial charge in [0.2, 0.25) is 0 Å². The highest BCUT2D eigenvalue weighted by Gasteiger charge is 2.14. The Kier molecular flexibility index (Phi) is 6.05. The van der Waals surface area contributed by atoms with Crippen molar-refractivity contribution in [3.05, 3.63) is 33.6 Å². The molecule has 1 atom stereocenters. The van der Waals surface area contributed by atoms with Crippen molar-refractivity contribution in [1.82, 2.24) is 5.32 Å². The van der Waals surface area contributed by atoms with E-state index in [4.69, 9.17) is 23.2 Å². The van der Waals surface area contributed by atoms with E-state index in [-0.39, 0.29) is 29.1 Å². The first-order valence-electron chi connectivity index (χ1n) is 5.85. The molecule has 0 radical (unpaired) electrons. The van der Waals surface area contributed by atoms with Gasteiger partial charge in [-0.15, -0.1) is 0 Å². The summed E-state index contributed by atoms with van der Waals surface area (Å²) >= 11 is 11.6. The molecule has 1 aromatic carbocycles.